The van der Waals surface area contributed by atoms with Gasteiger partial charge in [0.15, 0.2) is 0 Å². The lowest BCUT2D eigenvalue weighted by Crippen LogP contribution is -2.44. The van der Waals surface area contributed by atoms with E-state index < -0.39 is 22.9 Å². The van der Waals surface area contributed by atoms with Crippen LogP contribution in [0.4, 0.5) is 0 Å². The van der Waals surface area contributed by atoms with Gasteiger partial charge in [-0.1, -0.05) is 35.4 Å². The number of nitrogens with zero attached hydrogens (tertiary/aromatic N) is 4. The fourth-order valence-corrected chi connectivity index (χ4v) is 1.62. The third-order valence-corrected chi connectivity index (χ3v) is 2.55. The molecule has 0 aliphatic carbocycles. The number of hydrogen-bond donors (Lipinski definition) is 1. The second-order valence-corrected chi connectivity index (χ2v) is 3.49. The summed E-state index contributed by atoms with van der Waals surface area (Å²) < 4.78 is 0. The summed E-state index contributed by atoms with van der Waals surface area (Å²) in [6.07, 6.45) is -0.399. The van der Waals surface area contributed by atoms with Crippen molar-refractivity contribution in [3.8, 4) is 0 Å². The van der Waals surface area contributed by atoms with Gasteiger partial charge >= 0.3 is 11.5 Å². The molecule has 0 heterocycles. The molecule has 0 saturated carbocycles. The Hall–Kier alpha value is -2.60. The minimum atomic E-state index is -2.28. The quantitative estimate of drug-likeness (QED) is 0.272. The van der Waals surface area contributed by atoms with Crippen LogP contribution in [0.2, 0.25) is 0 Å². The van der Waals surface area contributed by atoms with Crippen LogP contribution in [-0.2, 0) is 10.3 Å². The first-order chi connectivity index (χ1) is 8.55. The number of hydrogen-bond acceptors (Lipinski definition) is 4. The van der Waals surface area contributed by atoms with Crippen LogP contribution in [0.15, 0.2) is 35.4 Å². The second kappa shape index (κ2) is 5.65. The van der Waals surface area contributed by atoms with Crippen molar-refractivity contribution in [2.45, 2.75) is 12.0 Å². The van der Waals surface area contributed by atoms with Crippen molar-refractivity contribution in [1.82, 2.24) is 0 Å². The fraction of sp³-hybridized carbons (Fsp3) is 0.300. The lowest BCUT2D eigenvalue weighted by atomic mass is 9.87. The van der Waals surface area contributed by atoms with Crippen LogP contribution >= 0.6 is 0 Å². The third-order valence-electron chi connectivity index (χ3n) is 2.55. The third kappa shape index (κ3) is 2.38. The molecule has 1 aromatic rings. The van der Waals surface area contributed by atoms with Gasteiger partial charge in [-0.3, -0.25) is 10.1 Å². The van der Waals surface area contributed by atoms with Crippen molar-refractivity contribution in [3.05, 3.63) is 56.5 Å². The zero-order valence-electron chi connectivity index (χ0n) is 9.26. The summed E-state index contributed by atoms with van der Waals surface area (Å²) >= 11 is 0. The SMILES string of the molecule is [N-]=[N+]=NCCC(C(=O)O)(c1ccccc1)[N+](=O)[O-]. The molecule has 0 saturated heterocycles. The lowest BCUT2D eigenvalue weighted by Gasteiger charge is -2.20. The Balaban J connectivity index is 3.26. The molecule has 8 heteroatoms. The average molecular weight is 250 g/mol. The minimum Gasteiger partial charge on any atom is -0.476 e. The van der Waals surface area contributed by atoms with Crippen molar-refractivity contribution in [1.29, 1.82) is 0 Å². The van der Waals surface area contributed by atoms with Gasteiger partial charge in [0, 0.05) is 28.4 Å². The number of carbonyl (C=O) groups is 1. The standard InChI is InChI=1S/C10H10N4O4/c11-13-12-7-6-10(9(15)16,14(17)18)8-4-2-1-3-5-8/h1-5H,6-7H2,(H,15,16). The second-order valence-electron chi connectivity index (χ2n) is 3.49. The predicted octanol–water partition coefficient (Wildman–Crippen LogP) is 1.94. The minimum absolute atomic E-state index is 0.0515. The highest BCUT2D eigenvalue weighted by Gasteiger charge is 2.52. The van der Waals surface area contributed by atoms with Gasteiger partial charge in [0.25, 0.3) is 0 Å². The summed E-state index contributed by atoms with van der Waals surface area (Å²) in [4.78, 5) is 24.0. The van der Waals surface area contributed by atoms with E-state index in [9.17, 15) is 20.0 Å². The Kier molecular flexibility index (Phi) is 4.22. The van der Waals surface area contributed by atoms with E-state index in [1.165, 1.54) is 24.3 Å². The first-order valence-corrected chi connectivity index (χ1v) is 5.00. The Bertz CT molecular complexity index is 482. The highest BCUT2D eigenvalue weighted by atomic mass is 16.6. The maximum atomic E-state index is 11.3. The van der Waals surface area contributed by atoms with Crippen molar-refractivity contribution in [2.75, 3.05) is 6.54 Å². The molecule has 0 aliphatic rings. The maximum absolute atomic E-state index is 11.3. The number of aliphatic carboxylic acids is 1. The number of azide groups is 1. The van der Waals surface area contributed by atoms with Gasteiger partial charge in [-0.25, -0.2) is 4.79 Å². The number of benzene rings is 1. The zero-order chi connectivity index (χ0) is 13.6. The fourth-order valence-electron chi connectivity index (χ4n) is 1.62. The van der Waals surface area contributed by atoms with Crippen molar-refractivity contribution in [3.63, 3.8) is 0 Å². The molecule has 8 nitrogen and oxygen atoms in total. The smallest absolute Gasteiger partial charge is 0.387 e. The van der Waals surface area contributed by atoms with Crippen LogP contribution < -0.4 is 0 Å². The Labute approximate surface area is 102 Å². The molecule has 0 amide bonds. The van der Waals surface area contributed by atoms with Crippen LogP contribution in [0.3, 0.4) is 0 Å². The van der Waals surface area contributed by atoms with E-state index in [0.29, 0.717) is 0 Å². The molecule has 1 N–H and O–H groups in total. The Morgan fingerprint density at radius 1 is 1.50 bits per heavy atom. The van der Waals surface area contributed by atoms with Gasteiger partial charge in [0.05, 0.1) is 0 Å². The molecule has 1 atom stereocenters. The van der Waals surface area contributed by atoms with Crippen molar-refractivity contribution >= 4 is 5.97 Å². The summed E-state index contributed by atoms with van der Waals surface area (Å²) in [5.74, 6) is -1.58. The number of carboxylic acids is 1. The van der Waals surface area contributed by atoms with E-state index in [2.05, 4.69) is 10.0 Å². The molecule has 1 unspecified atom stereocenters. The van der Waals surface area contributed by atoms with Gasteiger partial charge in [-0.05, 0) is 5.53 Å². The van der Waals surface area contributed by atoms with E-state index >= 15 is 0 Å². The van der Waals surface area contributed by atoms with Crippen molar-refractivity contribution in [2.24, 2.45) is 5.11 Å². The van der Waals surface area contributed by atoms with Crippen molar-refractivity contribution < 1.29 is 14.8 Å². The maximum Gasteiger partial charge on any atom is 0.387 e. The number of nitro groups is 1. The summed E-state index contributed by atoms with van der Waals surface area (Å²) in [5.41, 5.74) is 5.92. The molecule has 18 heavy (non-hydrogen) atoms. The highest BCUT2D eigenvalue weighted by molar-refractivity contribution is 5.79. The molecular weight excluding hydrogens is 240 g/mol. The van der Waals surface area contributed by atoms with Gasteiger partial charge < -0.3 is 5.11 Å². The van der Waals surface area contributed by atoms with Crippen LogP contribution in [0.25, 0.3) is 10.4 Å². The molecule has 1 aromatic carbocycles. The zero-order valence-corrected chi connectivity index (χ0v) is 9.26. The van der Waals surface area contributed by atoms with Crippen LogP contribution in [0.5, 0.6) is 0 Å². The largest absolute Gasteiger partial charge is 0.476 e. The van der Waals surface area contributed by atoms with Gasteiger partial charge in [0.2, 0.25) is 0 Å². The normalized spacial score (nSPS) is 13.1. The molecular formula is C10H10N4O4. The first-order valence-electron chi connectivity index (χ1n) is 5.00. The summed E-state index contributed by atoms with van der Waals surface area (Å²) in [5, 5.41) is 23.5. The van der Waals surface area contributed by atoms with E-state index in [1.807, 2.05) is 0 Å². The molecule has 0 spiro atoms. The number of rotatable bonds is 6. The van der Waals surface area contributed by atoms with Crippen LogP contribution in [0, 0.1) is 10.1 Å². The summed E-state index contributed by atoms with van der Waals surface area (Å²) in [6.45, 7) is -0.265. The lowest BCUT2D eigenvalue weighted by molar-refractivity contribution is -0.564. The Morgan fingerprint density at radius 3 is 2.56 bits per heavy atom. The highest BCUT2D eigenvalue weighted by Crippen LogP contribution is 2.29. The van der Waals surface area contributed by atoms with E-state index in [4.69, 9.17) is 5.53 Å². The topological polar surface area (TPSA) is 129 Å². The number of carboxylic acid groups (broad SMARTS) is 1. The monoisotopic (exact) mass is 250 g/mol. The van der Waals surface area contributed by atoms with E-state index in [1.54, 1.807) is 6.07 Å². The summed E-state index contributed by atoms with van der Waals surface area (Å²) in [6, 6.07) is 7.40. The molecule has 0 fully saturated rings. The molecule has 94 valence electrons. The summed E-state index contributed by atoms with van der Waals surface area (Å²) in [7, 11) is 0. The van der Waals surface area contributed by atoms with Crippen LogP contribution in [0.1, 0.15) is 12.0 Å². The molecule has 0 aromatic heterocycles. The van der Waals surface area contributed by atoms with Gasteiger partial charge in [0.1, 0.15) is 0 Å². The van der Waals surface area contributed by atoms with E-state index in [-0.39, 0.29) is 12.1 Å². The molecule has 0 radical (unpaired) electrons. The van der Waals surface area contributed by atoms with Gasteiger partial charge in [-0.2, -0.15) is 0 Å². The van der Waals surface area contributed by atoms with E-state index in [0.717, 1.165) is 0 Å². The van der Waals surface area contributed by atoms with Gasteiger partial charge in [-0.15, -0.1) is 0 Å². The molecule has 0 aliphatic heterocycles. The van der Waals surface area contributed by atoms with Crippen LogP contribution in [-0.4, -0.2) is 22.5 Å². The molecule has 0 bridgehead atoms. The Morgan fingerprint density at radius 2 is 2.11 bits per heavy atom. The first kappa shape index (κ1) is 13.5. The average Bonchev–Trinajstić information content (AvgIpc) is 2.35. The molecule has 1 rings (SSSR count). The predicted molar refractivity (Wildman–Crippen MR) is 61.4 cm³/mol.